The smallest absolute Gasteiger partial charge is 0.252 e. The van der Waals surface area contributed by atoms with Crippen LogP contribution in [0.4, 0.5) is 0 Å². The zero-order chi connectivity index (χ0) is 11.3. The minimum Gasteiger partial charge on any atom is -0.475 e. The predicted molar refractivity (Wildman–Crippen MR) is 58.0 cm³/mol. The molecule has 0 fully saturated rings. The van der Waals surface area contributed by atoms with Crippen LogP contribution in [0.15, 0.2) is 19.0 Å². The lowest BCUT2D eigenvalue weighted by Gasteiger charge is -2.10. The van der Waals surface area contributed by atoms with Crippen molar-refractivity contribution in [2.75, 3.05) is 6.61 Å². The minimum atomic E-state index is 0.0584. The maximum absolute atomic E-state index is 7.68. The Morgan fingerprint density at radius 1 is 1.73 bits per heavy atom. The number of hydrogen-bond acceptors (Lipinski definition) is 4. The first-order valence-electron chi connectivity index (χ1n) is 4.89. The summed E-state index contributed by atoms with van der Waals surface area (Å²) < 4.78 is 6.87. The van der Waals surface area contributed by atoms with Crippen molar-refractivity contribution < 1.29 is 4.74 Å². The molecule has 1 aromatic rings. The van der Waals surface area contributed by atoms with Gasteiger partial charge >= 0.3 is 0 Å². The molecule has 82 valence electrons. The zero-order valence-electron chi connectivity index (χ0n) is 9.10. The topological polar surface area (TPSA) is 63.8 Å². The first-order valence-corrected chi connectivity index (χ1v) is 4.89. The Bertz CT molecular complexity index is 343. The summed E-state index contributed by atoms with van der Waals surface area (Å²) in [5, 5.41) is 11.7. The molecule has 0 radical (unpaired) electrons. The molecule has 0 amide bonds. The Balaban J connectivity index is 2.65. The van der Waals surface area contributed by atoms with E-state index in [2.05, 4.69) is 16.7 Å². The van der Waals surface area contributed by atoms with Gasteiger partial charge in [-0.3, -0.25) is 5.41 Å². The summed E-state index contributed by atoms with van der Waals surface area (Å²) in [6.45, 7) is 8.00. The highest BCUT2D eigenvalue weighted by atomic mass is 16.5. The fraction of sp³-hybridized carbons (Fsp3) is 0.500. The number of rotatable bonds is 5. The van der Waals surface area contributed by atoms with Gasteiger partial charge in [0.1, 0.15) is 6.33 Å². The van der Waals surface area contributed by atoms with Crippen LogP contribution in [-0.2, 0) is 4.74 Å². The van der Waals surface area contributed by atoms with Crippen LogP contribution in [0.25, 0.3) is 0 Å². The Kier molecular flexibility index (Phi) is 4.03. The van der Waals surface area contributed by atoms with Crippen LogP contribution < -0.4 is 0 Å². The number of aromatic nitrogens is 3. The van der Waals surface area contributed by atoms with Crippen LogP contribution in [0.1, 0.15) is 32.1 Å². The molecule has 0 atom stereocenters. The van der Waals surface area contributed by atoms with Crippen molar-refractivity contribution in [2.24, 2.45) is 0 Å². The summed E-state index contributed by atoms with van der Waals surface area (Å²) >= 11 is 0. The third-order valence-electron chi connectivity index (χ3n) is 1.83. The lowest BCUT2D eigenvalue weighted by atomic mass is 10.4. The number of ether oxygens (including phenoxy) is 1. The molecule has 0 aromatic carbocycles. The van der Waals surface area contributed by atoms with E-state index in [4.69, 9.17) is 10.1 Å². The molecule has 0 unspecified atom stereocenters. The van der Waals surface area contributed by atoms with Gasteiger partial charge in [0.15, 0.2) is 0 Å². The third-order valence-corrected chi connectivity index (χ3v) is 1.83. The summed E-state index contributed by atoms with van der Waals surface area (Å²) in [5.41, 5.74) is 0. The lowest BCUT2D eigenvalue weighted by molar-refractivity contribution is 0.305. The van der Waals surface area contributed by atoms with Gasteiger partial charge in [0.25, 0.3) is 5.90 Å². The number of nitrogens with one attached hydrogen (secondary N) is 1. The van der Waals surface area contributed by atoms with Gasteiger partial charge in [-0.25, -0.2) is 9.67 Å². The van der Waals surface area contributed by atoms with E-state index >= 15 is 0 Å². The van der Waals surface area contributed by atoms with Gasteiger partial charge in [0.05, 0.1) is 6.61 Å². The van der Waals surface area contributed by atoms with E-state index in [1.165, 1.54) is 6.33 Å². The molecule has 15 heavy (non-hydrogen) atoms. The maximum atomic E-state index is 7.68. The second kappa shape index (κ2) is 5.29. The highest BCUT2D eigenvalue weighted by molar-refractivity contribution is 5.87. The highest BCUT2D eigenvalue weighted by Gasteiger charge is 2.13. The van der Waals surface area contributed by atoms with Crippen molar-refractivity contribution >= 4 is 5.90 Å². The third kappa shape index (κ3) is 2.90. The van der Waals surface area contributed by atoms with Crippen LogP contribution in [0.2, 0.25) is 0 Å². The Morgan fingerprint density at radius 2 is 2.47 bits per heavy atom. The van der Waals surface area contributed by atoms with E-state index in [1.54, 1.807) is 10.8 Å². The monoisotopic (exact) mass is 208 g/mol. The minimum absolute atomic E-state index is 0.0584. The SMILES string of the molecule is C=CCCOC(=N)c1ncnn1C(C)C. The summed E-state index contributed by atoms with van der Waals surface area (Å²) in [6, 6.07) is 0.172. The molecular weight excluding hydrogens is 192 g/mol. The van der Waals surface area contributed by atoms with E-state index in [9.17, 15) is 0 Å². The van der Waals surface area contributed by atoms with Crippen LogP contribution in [0.3, 0.4) is 0 Å². The predicted octanol–water partition coefficient (Wildman–Crippen LogP) is 1.78. The van der Waals surface area contributed by atoms with E-state index in [0.717, 1.165) is 6.42 Å². The van der Waals surface area contributed by atoms with Gasteiger partial charge in [-0.05, 0) is 20.3 Å². The average Bonchev–Trinajstić information content (AvgIpc) is 2.66. The van der Waals surface area contributed by atoms with Gasteiger partial charge in [0, 0.05) is 6.04 Å². The van der Waals surface area contributed by atoms with Crippen LogP contribution in [0, 0.1) is 5.41 Å². The lowest BCUT2D eigenvalue weighted by Crippen LogP contribution is -2.16. The molecular formula is C10H16N4O. The Morgan fingerprint density at radius 3 is 3.07 bits per heavy atom. The van der Waals surface area contributed by atoms with E-state index in [-0.39, 0.29) is 11.9 Å². The molecule has 0 spiro atoms. The average molecular weight is 208 g/mol. The molecule has 0 saturated carbocycles. The Hall–Kier alpha value is -1.65. The molecule has 1 rings (SSSR count). The normalized spacial score (nSPS) is 10.3. The second-order valence-electron chi connectivity index (χ2n) is 3.38. The molecule has 1 N–H and O–H groups in total. The molecule has 0 aliphatic carbocycles. The molecule has 5 nitrogen and oxygen atoms in total. The molecule has 0 aliphatic heterocycles. The molecule has 0 aliphatic rings. The summed E-state index contributed by atoms with van der Waals surface area (Å²) in [5.74, 6) is 0.525. The number of hydrogen-bond donors (Lipinski definition) is 1. The molecule has 0 saturated heterocycles. The van der Waals surface area contributed by atoms with Gasteiger partial charge in [0.2, 0.25) is 5.82 Å². The largest absolute Gasteiger partial charge is 0.475 e. The first kappa shape index (κ1) is 11.4. The molecule has 1 aromatic heterocycles. The van der Waals surface area contributed by atoms with Crippen LogP contribution >= 0.6 is 0 Å². The summed E-state index contributed by atoms with van der Waals surface area (Å²) in [6.07, 6.45) is 3.90. The maximum Gasteiger partial charge on any atom is 0.252 e. The van der Waals surface area contributed by atoms with Crippen molar-refractivity contribution in [3.8, 4) is 0 Å². The highest BCUT2D eigenvalue weighted by Crippen LogP contribution is 2.06. The molecule has 0 bridgehead atoms. The van der Waals surface area contributed by atoms with Gasteiger partial charge < -0.3 is 4.74 Å². The Labute approximate surface area is 89.3 Å². The fourth-order valence-corrected chi connectivity index (χ4v) is 1.10. The molecule has 5 heteroatoms. The van der Waals surface area contributed by atoms with Crippen molar-refractivity contribution in [1.82, 2.24) is 14.8 Å². The van der Waals surface area contributed by atoms with E-state index in [0.29, 0.717) is 12.4 Å². The zero-order valence-corrected chi connectivity index (χ0v) is 9.10. The number of nitrogens with zero attached hydrogens (tertiary/aromatic N) is 3. The van der Waals surface area contributed by atoms with Crippen molar-refractivity contribution in [3.05, 3.63) is 24.8 Å². The van der Waals surface area contributed by atoms with E-state index < -0.39 is 0 Å². The van der Waals surface area contributed by atoms with Gasteiger partial charge in [-0.15, -0.1) is 6.58 Å². The van der Waals surface area contributed by atoms with Gasteiger partial charge in [-0.1, -0.05) is 6.08 Å². The van der Waals surface area contributed by atoms with Crippen molar-refractivity contribution in [2.45, 2.75) is 26.3 Å². The van der Waals surface area contributed by atoms with Crippen LogP contribution in [0.5, 0.6) is 0 Å². The fourth-order valence-electron chi connectivity index (χ4n) is 1.10. The second-order valence-corrected chi connectivity index (χ2v) is 3.38. The van der Waals surface area contributed by atoms with Crippen molar-refractivity contribution in [1.29, 1.82) is 5.41 Å². The molecule has 1 heterocycles. The summed E-state index contributed by atoms with van der Waals surface area (Å²) in [7, 11) is 0. The first-order chi connectivity index (χ1) is 7.16. The standard InChI is InChI=1S/C10H16N4O/c1-4-5-6-15-9(11)10-12-7-13-14(10)8(2)3/h4,7-8,11H,1,5-6H2,2-3H3. The van der Waals surface area contributed by atoms with Crippen molar-refractivity contribution in [3.63, 3.8) is 0 Å². The van der Waals surface area contributed by atoms with Gasteiger partial charge in [-0.2, -0.15) is 5.10 Å². The van der Waals surface area contributed by atoms with E-state index in [1.807, 2.05) is 13.8 Å². The quantitative estimate of drug-likeness (QED) is 0.347. The van der Waals surface area contributed by atoms with Crippen LogP contribution in [-0.4, -0.2) is 27.3 Å². The summed E-state index contributed by atoms with van der Waals surface area (Å²) in [4.78, 5) is 3.99.